The maximum Gasteiger partial charge on any atom is 0.0992 e. The Morgan fingerprint density at radius 3 is 2.67 bits per heavy atom. The molecule has 1 spiro atoms. The van der Waals surface area contributed by atoms with E-state index in [1.165, 1.54) is 37.2 Å². The van der Waals surface area contributed by atoms with Crippen molar-refractivity contribution >= 4 is 5.69 Å². The van der Waals surface area contributed by atoms with Gasteiger partial charge in [-0.25, -0.2) is 0 Å². The second-order valence-electron chi connectivity index (χ2n) is 4.97. The number of rotatable bonds is 1. The first-order valence-electron chi connectivity index (χ1n) is 5.48. The number of hydrogen-bond acceptors (Lipinski definition) is 2. The van der Waals surface area contributed by atoms with E-state index >= 15 is 0 Å². The Labute approximate surface area is 90.1 Å². The van der Waals surface area contributed by atoms with Crippen LogP contribution in [0, 0.1) is 23.7 Å². The molecule has 1 aromatic carbocycles. The fourth-order valence-electron chi connectivity index (χ4n) is 2.45. The lowest BCUT2D eigenvalue weighted by Crippen LogP contribution is -2.48. The highest BCUT2D eigenvalue weighted by atomic mass is 15.2. The van der Waals surface area contributed by atoms with Gasteiger partial charge in [0.1, 0.15) is 0 Å². The van der Waals surface area contributed by atoms with Crippen molar-refractivity contribution in [3.63, 3.8) is 0 Å². The largest absolute Gasteiger partial charge is 0.370 e. The molecule has 76 valence electrons. The molecule has 0 unspecified atom stereocenters. The molecular formula is C13H14N2. The highest BCUT2D eigenvalue weighted by Crippen LogP contribution is 2.54. The normalized spacial score (nSPS) is 20.9. The van der Waals surface area contributed by atoms with Crippen molar-refractivity contribution in [3.8, 4) is 6.07 Å². The maximum atomic E-state index is 8.87. The third kappa shape index (κ3) is 1.31. The Bertz CT molecular complexity index is 444. The summed E-state index contributed by atoms with van der Waals surface area (Å²) in [6.45, 7) is 4.51. The van der Waals surface area contributed by atoms with Crippen LogP contribution in [0.15, 0.2) is 18.2 Å². The van der Waals surface area contributed by atoms with Crippen LogP contribution in [-0.2, 0) is 0 Å². The molecule has 2 heteroatoms. The van der Waals surface area contributed by atoms with Crippen LogP contribution in [0.1, 0.15) is 24.0 Å². The van der Waals surface area contributed by atoms with Gasteiger partial charge in [0.25, 0.3) is 0 Å². The van der Waals surface area contributed by atoms with Crippen molar-refractivity contribution in [3.05, 3.63) is 29.3 Å². The number of nitriles is 1. The molecule has 1 saturated heterocycles. The van der Waals surface area contributed by atoms with Crippen molar-refractivity contribution in [2.45, 2.75) is 19.8 Å². The summed E-state index contributed by atoms with van der Waals surface area (Å²) in [4.78, 5) is 2.41. The molecule has 0 amide bonds. The predicted molar refractivity (Wildman–Crippen MR) is 59.8 cm³/mol. The minimum absolute atomic E-state index is 0.676. The topological polar surface area (TPSA) is 27.0 Å². The van der Waals surface area contributed by atoms with Crippen LogP contribution >= 0.6 is 0 Å². The molecule has 0 atom stereocenters. The third-order valence-corrected chi connectivity index (χ3v) is 3.69. The van der Waals surface area contributed by atoms with Crippen molar-refractivity contribution in [1.82, 2.24) is 0 Å². The summed E-state index contributed by atoms with van der Waals surface area (Å²) >= 11 is 0. The molecule has 15 heavy (non-hydrogen) atoms. The number of nitrogens with zero attached hydrogens (tertiary/aromatic N) is 2. The summed E-state index contributed by atoms with van der Waals surface area (Å²) in [5.74, 6) is 0. The summed E-state index contributed by atoms with van der Waals surface area (Å²) < 4.78 is 0. The standard InChI is InChI=1S/C13H14N2/c1-10-2-3-11(7-14)6-12(10)15-8-13(9-15)4-5-13/h2-3,6H,4-5,8-9H2,1H3. The number of benzene rings is 1. The van der Waals surface area contributed by atoms with Crippen molar-refractivity contribution in [2.75, 3.05) is 18.0 Å². The van der Waals surface area contributed by atoms with Crippen molar-refractivity contribution in [1.29, 1.82) is 5.26 Å². The van der Waals surface area contributed by atoms with Crippen LogP contribution < -0.4 is 4.90 Å². The second kappa shape index (κ2) is 2.76. The van der Waals surface area contributed by atoms with Gasteiger partial charge in [-0.2, -0.15) is 5.26 Å². The lowest BCUT2D eigenvalue weighted by molar-refractivity contribution is 0.387. The highest BCUT2D eigenvalue weighted by Gasteiger charge is 2.52. The summed E-state index contributed by atoms with van der Waals surface area (Å²) in [6, 6.07) is 8.17. The molecule has 0 aromatic heterocycles. The van der Waals surface area contributed by atoms with Gasteiger partial charge in [-0.3, -0.25) is 0 Å². The SMILES string of the molecule is Cc1ccc(C#N)cc1N1CC2(CC2)C1. The van der Waals surface area contributed by atoms with Crippen LogP contribution in [0.2, 0.25) is 0 Å². The van der Waals surface area contributed by atoms with Crippen LogP contribution in [0.4, 0.5) is 5.69 Å². The summed E-state index contributed by atoms with van der Waals surface area (Å²) in [6.07, 6.45) is 2.81. The Hall–Kier alpha value is -1.49. The summed E-state index contributed by atoms with van der Waals surface area (Å²) in [7, 11) is 0. The third-order valence-electron chi connectivity index (χ3n) is 3.69. The maximum absolute atomic E-state index is 8.87. The van der Waals surface area contributed by atoms with Gasteiger partial charge in [-0.15, -0.1) is 0 Å². The summed E-state index contributed by atoms with van der Waals surface area (Å²) in [5, 5.41) is 8.87. The van der Waals surface area contributed by atoms with E-state index in [1.807, 2.05) is 18.2 Å². The average Bonchev–Trinajstić information content (AvgIpc) is 2.96. The number of hydrogen-bond donors (Lipinski definition) is 0. The average molecular weight is 198 g/mol. The second-order valence-corrected chi connectivity index (χ2v) is 4.97. The van der Waals surface area contributed by atoms with Gasteiger partial charge in [-0.1, -0.05) is 6.07 Å². The molecule has 2 aliphatic rings. The lowest BCUT2D eigenvalue weighted by atomic mass is 9.94. The quantitative estimate of drug-likeness (QED) is 0.693. The van der Waals surface area contributed by atoms with Crippen LogP contribution in [0.3, 0.4) is 0 Å². The van der Waals surface area contributed by atoms with E-state index in [-0.39, 0.29) is 0 Å². The Morgan fingerprint density at radius 1 is 1.33 bits per heavy atom. The summed E-state index contributed by atoms with van der Waals surface area (Å²) in [5.41, 5.74) is 3.98. The Kier molecular flexibility index (Phi) is 1.62. The van der Waals surface area contributed by atoms with Gasteiger partial charge in [0, 0.05) is 24.2 Å². The number of aryl methyl sites for hydroxylation is 1. The van der Waals surface area contributed by atoms with E-state index < -0.39 is 0 Å². The zero-order valence-corrected chi connectivity index (χ0v) is 8.95. The van der Waals surface area contributed by atoms with Crippen LogP contribution in [-0.4, -0.2) is 13.1 Å². The number of anilines is 1. The minimum atomic E-state index is 0.676. The first kappa shape index (κ1) is 8.79. The van der Waals surface area contributed by atoms with E-state index in [0.29, 0.717) is 5.41 Å². The van der Waals surface area contributed by atoms with Crippen LogP contribution in [0.25, 0.3) is 0 Å². The minimum Gasteiger partial charge on any atom is -0.370 e. The predicted octanol–water partition coefficient (Wildman–Crippen LogP) is 2.47. The van der Waals surface area contributed by atoms with E-state index in [1.54, 1.807) is 0 Å². The fourth-order valence-corrected chi connectivity index (χ4v) is 2.45. The Morgan fingerprint density at radius 2 is 2.07 bits per heavy atom. The molecule has 0 bridgehead atoms. The zero-order valence-electron chi connectivity index (χ0n) is 8.95. The molecule has 0 radical (unpaired) electrons. The Balaban J connectivity index is 1.88. The van der Waals surface area contributed by atoms with Gasteiger partial charge in [0.05, 0.1) is 11.6 Å². The van der Waals surface area contributed by atoms with Gasteiger partial charge in [-0.05, 0) is 37.5 Å². The van der Waals surface area contributed by atoms with Crippen molar-refractivity contribution in [2.24, 2.45) is 5.41 Å². The van der Waals surface area contributed by atoms with Crippen molar-refractivity contribution < 1.29 is 0 Å². The molecule has 1 heterocycles. The van der Waals surface area contributed by atoms with E-state index in [4.69, 9.17) is 5.26 Å². The molecule has 1 aliphatic carbocycles. The first-order chi connectivity index (χ1) is 7.22. The van der Waals surface area contributed by atoms with Gasteiger partial charge in [0.2, 0.25) is 0 Å². The van der Waals surface area contributed by atoms with Gasteiger partial charge < -0.3 is 4.90 Å². The molecule has 1 saturated carbocycles. The first-order valence-corrected chi connectivity index (χ1v) is 5.48. The van der Waals surface area contributed by atoms with Crippen LogP contribution in [0.5, 0.6) is 0 Å². The smallest absolute Gasteiger partial charge is 0.0992 e. The molecule has 0 N–H and O–H groups in total. The van der Waals surface area contributed by atoms with Gasteiger partial charge in [0.15, 0.2) is 0 Å². The van der Waals surface area contributed by atoms with E-state index in [2.05, 4.69) is 17.9 Å². The molecule has 1 aromatic rings. The lowest BCUT2D eigenvalue weighted by Gasteiger charge is -2.42. The molecule has 2 fully saturated rings. The monoisotopic (exact) mass is 198 g/mol. The van der Waals surface area contributed by atoms with E-state index in [0.717, 1.165) is 5.56 Å². The highest BCUT2D eigenvalue weighted by molar-refractivity contribution is 5.59. The fraction of sp³-hybridized carbons (Fsp3) is 0.462. The van der Waals surface area contributed by atoms with E-state index in [9.17, 15) is 0 Å². The molecule has 2 nitrogen and oxygen atoms in total. The zero-order chi connectivity index (χ0) is 10.5. The molecule has 3 rings (SSSR count). The van der Waals surface area contributed by atoms with Gasteiger partial charge >= 0.3 is 0 Å². The molecular weight excluding hydrogens is 184 g/mol. The molecule has 1 aliphatic heterocycles.